The fraction of sp³-hybridized carbons (Fsp3) is 0.889. The van der Waals surface area contributed by atoms with E-state index in [-0.39, 0.29) is 0 Å². The maximum atomic E-state index is 7.65. The number of hydrogen-bond acceptors (Lipinski definition) is 1. The van der Waals surface area contributed by atoms with Gasteiger partial charge in [-0.15, -0.1) is 0 Å². The molecule has 0 atom stereocenters. The second kappa shape index (κ2) is 5.16. The molecule has 0 aliphatic rings. The summed E-state index contributed by atoms with van der Waals surface area (Å²) in [5, 5.41) is 7.65. The fourth-order valence-electron chi connectivity index (χ4n) is 1.15. The van der Waals surface area contributed by atoms with Gasteiger partial charge in [-0.05, 0) is 20.3 Å². The Hall–Kier alpha value is -0.530. The van der Waals surface area contributed by atoms with Crippen molar-refractivity contribution < 1.29 is 0 Å². The number of nitrogens with one attached hydrogen (secondary N) is 1. The number of nitrogens with zero attached hydrogens (tertiary/aromatic N) is 1. The lowest BCUT2D eigenvalue weighted by Crippen LogP contribution is -2.36. The Bertz CT molecular complexity index is 119. The van der Waals surface area contributed by atoms with Gasteiger partial charge in [0.1, 0.15) is 0 Å². The van der Waals surface area contributed by atoms with E-state index in [1.54, 1.807) is 0 Å². The lowest BCUT2D eigenvalue weighted by Gasteiger charge is -2.28. The van der Waals surface area contributed by atoms with Crippen molar-refractivity contribution in [2.45, 2.75) is 46.6 Å². The smallest absolute Gasteiger partial charge is 0.0957 e. The van der Waals surface area contributed by atoms with Gasteiger partial charge >= 0.3 is 0 Å². The Kier molecular flexibility index (Phi) is 4.92. The third-order valence-electron chi connectivity index (χ3n) is 1.77. The van der Waals surface area contributed by atoms with Gasteiger partial charge in [-0.2, -0.15) is 0 Å². The first-order valence-electron chi connectivity index (χ1n) is 4.47. The largest absolute Gasteiger partial charge is 0.358 e. The maximum absolute atomic E-state index is 7.65. The minimum Gasteiger partial charge on any atom is -0.358 e. The van der Waals surface area contributed by atoms with E-state index in [9.17, 15) is 0 Å². The average Bonchev–Trinajstić information content (AvgIpc) is 1.98. The van der Waals surface area contributed by atoms with Crippen LogP contribution in [0.4, 0.5) is 0 Å². The summed E-state index contributed by atoms with van der Waals surface area (Å²) in [5.41, 5.74) is 0. The van der Waals surface area contributed by atoms with Gasteiger partial charge in [0.2, 0.25) is 0 Å². The van der Waals surface area contributed by atoms with Crippen LogP contribution in [-0.2, 0) is 0 Å². The first-order chi connectivity index (χ1) is 5.13. The van der Waals surface area contributed by atoms with Crippen molar-refractivity contribution in [3.63, 3.8) is 0 Å². The molecule has 0 radical (unpaired) electrons. The number of amidine groups is 1. The predicted octanol–water partition coefficient (Wildman–Crippen LogP) is 2.49. The van der Waals surface area contributed by atoms with Gasteiger partial charge in [0, 0.05) is 19.0 Å². The second-order valence-corrected chi connectivity index (χ2v) is 3.09. The van der Waals surface area contributed by atoms with Crippen molar-refractivity contribution in [3.8, 4) is 0 Å². The molecule has 2 heteroatoms. The first-order valence-corrected chi connectivity index (χ1v) is 4.47. The molecule has 0 saturated carbocycles. The summed E-state index contributed by atoms with van der Waals surface area (Å²) in [5.74, 6) is 0.766. The molecule has 0 aromatic rings. The Labute approximate surface area is 70.1 Å². The quantitative estimate of drug-likeness (QED) is 0.491. The lowest BCUT2D eigenvalue weighted by molar-refractivity contribution is 0.341. The molecule has 0 aliphatic heterocycles. The Balaban J connectivity index is 3.98. The molecule has 0 unspecified atom stereocenters. The topological polar surface area (TPSA) is 27.1 Å². The van der Waals surface area contributed by atoms with E-state index in [1.165, 1.54) is 0 Å². The van der Waals surface area contributed by atoms with Crippen molar-refractivity contribution in [2.75, 3.05) is 6.54 Å². The average molecular weight is 156 g/mol. The summed E-state index contributed by atoms with van der Waals surface area (Å²) >= 11 is 0. The molecule has 2 nitrogen and oxygen atoms in total. The SMILES string of the molecule is CCCN(C(=N)CC)C(C)C. The summed E-state index contributed by atoms with van der Waals surface area (Å²) < 4.78 is 0. The molecule has 0 aromatic carbocycles. The van der Waals surface area contributed by atoms with Crippen molar-refractivity contribution in [2.24, 2.45) is 0 Å². The third kappa shape index (κ3) is 3.40. The van der Waals surface area contributed by atoms with Crippen molar-refractivity contribution in [1.82, 2.24) is 4.90 Å². The Morgan fingerprint density at radius 2 is 1.91 bits per heavy atom. The van der Waals surface area contributed by atoms with Crippen molar-refractivity contribution >= 4 is 5.84 Å². The van der Waals surface area contributed by atoms with E-state index in [0.717, 1.165) is 25.2 Å². The zero-order chi connectivity index (χ0) is 8.85. The molecule has 0 spiro atoms. The van der Waals surface area contributed by atoms with Crippen LogP contribution in [0.2, 0.25) is 0 Å². The van der Waals surface area contributed by atoms with E-state index in [0.29, 0.717) is 6.04 Å². The Morgan fingerprint density at radius 3 is 2.18 bits per heavy atom. The molecule has 0 aliphatic carbocycles. The van der Waals surface area contributed by atoms with Crippen LogP contribution >= 0.6 is 0 Å². The molecule has 1 N–H and O–H groups in total. The fourth-order valence-corrected chi connectivity index (χ4v) is 1.15. The van der Waals surface area contributed by atoms with Gasteiger partial charge in [0.25, 0.3) is 0 Å². The molecular weight excluding hydrogens is 136 g/mol. The van der Waals surface area contributed by atoms with E-state index >= 15 is 0 Å². The Morgan fingerprint density at radius 1 is 1.36 bits per heavy atom. The van der Waals surface area contributed by atoms with Crippen LogP contribution < -0.4 is 0 Å². The molecule has 0 fully saturated rings. The maximum Gasteiger partial charge on any atom is 0.0957 e. The van der Waals surface area contributed by atoms with E-state index in [2.05, 4.69) is 25.7 Å². The van der Waals surface area contributed by atoms with Gasteiger partial charge in [0.15, 0.2) is 0 Å². The molecule has 11 heavy (non-hydrogen) atoms. The zero-order valence-corrected chi connectivity index (χ0v) is 8.15. The zero-order valence-electron chi connectivity index (χ0n) is 8.15. The normalized spacial score (nSPS) is 10.3. The van der Waals surface area contributed by atoms with Crippen LogP contribution in [-0.4, -0.2) is 23.3 Å². The minimum absolute atomic E-state index is 0.474. The number of hydrogen-bond donors (Lipinski definition) is 1. The second-order valence-electron chi connectivity index (χ2n) is 3.09. The molecule has 66 valence electrons. The minimum atomic E-state index is 0.474. The molecule has 0 amide bonds. The van der Waals surface area contributed by atoms with E-state index < -0.39 is 0 Å². The van der Waals surface area contributed by atoms with E-state index in [4.69, 9.17) is 5.41 Å². The van der Waals surface area contributed by atoms with Crippen LogP contribution in [0, 0.1) is 5.41 Å². The van der Waals surface area contributed by atoms with Gasteiger partial charge in [0.05, 0.1) is 5.84 Å². The van der Waals surface area contributed by atoms with Gasteiger partial charge in [-0.1, -0.05) is 13.8 Å². The molecule has 0 heterocycles. The van der Waals surface area contributed by atoms with Gasteiger partial charge < -0.3 is 4.90 Å². The van der Waals surface area contributed by atoms with Crippen LogP contribution in [0.3, 0.4) is 0 Å². The highest BCUT2D eigenvalue weighted by Gasteiger charge is 2.09. The number of rotatable bonds is 4. The van der Waals surface area contributed by atoms with E-state index in [1.807, 2.05) is 6.92 Å². The summed E-state index contributed by atoms with van der Waals surface area (Å²) in [6, 6.07) is 0.474. The summed E-state index contributed by atoms with van der Waals surface area (Å²) in [7, 11) is 0. The highest BCUT2D eigenvalue weighted by molar-refractivity contribution is 5.78. The first kappa shape index (κ1) is 10.5. The molecule has 0 bridgehead atoms. The standard InChI is InChI=1S/C9H20N2/c1-5-7-11(8(3)4)9(10)6-2/h8,10H,5-7H2,1-4H3. The van der Waals surface area contributed by atoms with Gasteiger partial charge in [-0.3, -0.25) is 5.41 Å². The van der Waals surface area contributed by atoms with Gasteiger partial charge in [-0.25, -0.2) is 0 Å². The van der Waals surface area contributed by atoms with Crippen LogP contribution in [0.1, 0.15) is 40.5 Å². The highest BCUT2D eigenvalue weighted by atomic mass is 15.2. The van der Waals surface area contributed by atoms with Crippen molar-refractivity contribution in [1.29, 1.82) is 5.41 Å². The van der Waals surface area contributed by atoms with Crippen LogP contribution in [0.5, 0.6) is 0 Å². The molecule has 0 rings (SSSR count). The summed E-state index contributed by atoms with van der Waals surface area (Å²) in [6.07, 6.45) is 1.97. The predicted molar refractivity (Wildman–Crippen MR) is 50.2 cm³/mol. The van der Waals surface area contributed by atoms with Crippen LogP contribution in [0.25, 0.3) is 0 Å². The summed E-state index contributed by atoms with van der Waals surface area (Å²) in [4.78, 5) is 2.15. The monoisotopic (exact) mass is 156 g/mol. The third-order valence-corrected chi connectivity index (χ3v) is 1.77. The van der Waals surface area contributed by atoms with Crippen LogP contribution in [0.15, 0.2) is 0 Å². The lowest BCUT2D eigenvalue weighted by atomic mass is 10.2. The highest BCUT2D eigenvalue weighted by Crippen LogP contribution is 2.02. The molecular formula is C9H20N2. The van der Waals surface area contributed by atoms with Crippen molar-refractivity contribution in [3.05, 3.63) is 0 Å². The molecule has 0 saturated heterocycles. The molecule has 0 aromatic heterocycles. The summed E-state index contributed by atoms with van der Waals surface area (Å²) in [6.45, 7) is 9.48.